The minimum absolute atomic E-state index is 0.584. The van der Waals surface area contributed by atoms with Crippen LogP contribution in [0.2, 0.25) is 0 Å². The van der Waals surface area contributed by atoms with Gasteiger partial charge in [0.25, 0.3) is 0 Å². The third-order valence-electron chi connectivity index (χ3n) is 4.33. The van der Waals surface area contributed by atoms with Gasteiger partial charge in [-0.15, -0.1) is 0 Å². The lowest BCUT2D eigenvalue weighted by Crippen LogP contribution is -2.34. The van der Waals surface area contributed by atoms with Gasteiger partial charge in [0.05, 0.1) is 0 Å². The SMILES string of the molecule is Cc1cc(Br)cc(C)c1NC1CC(c2ccccc2Br)C1. The first kappa shape index (κ1) is 15.1. The smallest absolute Gasteiger partial charge is 0.0402 e. The zero-order chi connectivity index (χ0) is 15.0. The van der Waals surface area contributed by atoms with Gasteiger partial charge >= 0.3 is 0 Å². The second-order valence-corrected chi connectivity index (χ2v) is 7.72. The first-order valence-corrected chi connectivity index (χ1v) is 8.91. The summed E-state index contributed by atoms with van der Waals surface area (Å²) in [5.41, 5.74) is 5.37. The number of rotatable bonds is 3. The van der Waals surface area contributed by atoms with E-state index < -0.39 is 0 Å². The van der Waals surface area contributed by atoms with Crippen LogP contribution in [-0.2, 0) is 0 Å². The molecule has 1 aliphatic carbocycles. The van der Waals surface area contributed by atoms with Crippen molar-refractivity contribution in [2.75, 3.05) is 5.32 Å². The fourth-order valence-electron chi connectivity index (χ4n) is 3.14. The van der Waals surface area contributed by atoms with Crippen molar-refractivity contribution in [3.63, 3.8) is 0 Å². The maximum absolute atomic E-state index is 3.73. The maximum Gasteiger partial charge on any atom is 0.0402 e. The standard InChI is InChI=1S/C18H19Br2N/c1-11-7-14(19)8-12(2)18(11)21-15-9-13(10-15)16-5-3-4-6-17(16)20/h3-8,13,15,21H,9-10H2,1-2H3. The van der Waals surface area contributed by atoms with Crippen molar-refractivity contribution in [2.45, 2.75) is 38.6 Å². The number of benzene rings is 2. The molecule has 1 nitrogen and oxygen atoms in total. The number of hydrogen-bond acceptors (Lipinski definition) is 1. The van der Waals surface area contributed by atoms with Crippen molar-refractivity contribution in [1.82, 2.24) is 0 Å². The van der Waals surface area contributed by atoms with E-state index in [2.05, 4.69) is 87.4 Å². The summed E-state index contributed by atoms with van der Waals surface area (Å²) in [6, 6.07) is 13.5. The summed E-state index contributed by atoms with van der Waals surface area (Å²) in [5, 5.41) is 3.73. The van der Waals surface area contributed by atoms with Gasteiger partial charge in [0.1, 0.15) is 0 Å². The first-order valence-electron chi connectivity index (χ1n) is 7.32. The molecule has 0 aromatic heterocycles. The van der Waals surface area contributed by atoms with Gasteiger partial charge in [-0.25, -0.2) is 0 Å². The van der Waals surface area contributed by atoms with E-state index in [9.17, 15) is 0 Å². The molecule has 3 rings (SSSR count). The van der Waals surface area contributed by atoms with E-state index in [0.717, 1.165) is 4.47 Å². The van der Waals surface area contributed by atoms with Gasteiger partial charge in [-0.2, -0.15) is 0 Å². The highest BCUT2D eigenvalue weighted by atomic mass is 79.9. The van der Waals surface area contributed by atoms with E-state index in [1.165, 1.54) is 39.7 Å². The number of hydrogen-bond donors (Lipinski definition) is 1. The zero-order valence-corrected chi connectivity index (χ0v) is 15.5. The molecule has 0 unspecified atom stereocenters. The lowest BCUT2D eigenvalue weighted by Gasteiger charge is -2.38. The summed E-state index contributed by atoms with van der Waals surface area (Å²) in [6.45, 7) is 4.34. The van der Waals surface area contributed by atoms with Crippen LogP contribution in [0.4, 0.5) is 5.69 Å². The highest BCUT2D eigenvalue weighted by Gasteiger charge is 2.31. The number of halogens is 2. The normalized spacial score (nSPS) is 21.0. The van der Waals surface area contributed by atoms with Gasteiger partial charge in [0, 0.05) is 20.7 Å². The van der Waals surface area contributed by atoms with Gasteiger partial charge in [-0.05, 0) is 67.5 Å². The number of nitrogens with one attached hydrogen (secondary N) is 1. The lowest BCUT2D eigenvalue weighted by atomic mass is 9.75. The van der Waals surface area contributed by atoms with Crippen LogP contribution in [0.3, 0.4) is 0 Å². The molecule has 21 heavy (non-hydrogen) atoms. The van der Waals surface area contributed by atoms with Crippen LogP contribution >= 0.6 is 31.9 Å². The minimum Gasteiger partial charge on any atom is -0.382 e. The molecule has 3 heteroatoms. The molecular weight excluding hydrogens is 390 g/mol. The van der Waals surface area contributed by atoms with Gasteiger partial charge in [0.2, 0.25) is 0 Å². The Labute approximate surface area is 143 Å². The molecular formula is C18H19Br2N. The van der Waals surface area contributed by atoms with E-state index in [-0.39, 0.29) is 0 Å². The Morgan fingerprint density at radius 1 is 1.00 bits per heavy atom. The van der Waals surface area contributed by atoms with Crippen LogP contribution in [-0.4, -0.2) is 6.04 Å². The summed E-state index contributed by atoms with van der Waals surface area (Å²) in [7, 11) is 0. The van der Waals surface area contributed by atoms with Crippen LogP contribution in [0.5, 0.6) is 0 Å². The Hall–Kier alpha value is -0.800. The Morgan fingerprint density at radius 2 is 1.62 bits per heavy atom. The van der Waals surface area contributed by atoms with E-state index >= 15 is 0 Å². The molecule has 0 amide bonds. The summed E-state index contributed by atoms with van der Waals surface area (Å²) in [6.07, 6.45) is 2.41. The molecule has 110 valence electrons. The largest absolute Gasteiger partial charge is 0.382 e. The molecule has 2 aromatic rings. The Bertz CT molecular complexity index is 637. The molecule has 0 bridgehead atoms. The average molecular weight is 409 g/mol. The Kier molecular flexibility index (Phi) is 4.41. The highest BCUT2D eigenvalue weighted by molar-refractivity contribution is 9.10. The molecule has 0 heterocycles. The number of anilines is 1. The molecule has 0 aliphatic heterocycles. The van der Waals surface area contributed by atoms with Gasteiger partial charge < -0.3 is 5.32 Å². The third-order valence-corrected chi connectivity index (χ3v) is 5.51. The molecule has 0 radical (unpaired) electrons. The number of aryl methyl sites for hydroxylation is 2. The predicted octanol–water partition coefficient (Wildman–Crippen LogP) is 6.19. The van der Waals surface area contributed by atoms with Crippen LogP contribution < -0.4 is 5.32 Å². The Morgan fingerprint density at radius 3 is 2.24 bits per heavy atom. The quantitative estimate of drug-likeness (QED) is 0.638. The van der Waals surface area contributed by atoms with Crippen molar-refractivity contribution < 1.29 is 0 Å². The summed E-state index contributed by atoms with van der Waals surface area (Å²) in [4.78, 5) is 0. The molecule has 2 aromatic carbocycles. The third kappa shape index (κ3) is 3.19. The maximum atomic E-state index is 3.73. The fourth-order valence-corrected chi connectivity index (χ4v) is 4.43. The molecule has 1 N–H and O–H groups in total. The van der Waals surface area contributed by atoms with Crippen molar-refractivity contribution in [3.8, 4) is 0 Å². The van der Waals surface area contributed by atoms with Crippen molar-refractivity contribution in [1.29, 1.82) is 0 Å². The molecule has 0 saturated heterocycles. The van der Waals surface area contributed by atoms with E-state index in [1.807, 2.05) is 0 Å². The molecule has 1 saturated carbocycles. The summed E-state index contributed by atoms with van der Waals surface area (Å²) < 4.78 is 2.40. The second kappa shape index (κ2) is 6.13. The van der Waals surface area contributed by atoms with Crippen molar-refractivity contribution in [2.24, 2.45) is 0 Å². The Balaban J connectivity index is 1.67. The molecule has 0 atom stereocenters. The monoisotopic (exact) mass is 407 g/mol. The topological polar surface area (TPSA) is 12.0 Å². The van der Waals surface area contributed by atoms with Crippen LogP contribution in [0.15, 0.2) is 45.3 Å². The summed E-state index contributed by atoms with van der Waals surface area (Å²) >= 11 is 7.22. The van der Waals surface area contributed by atoms with Gasteiger partial charge in [-0.3, -0.25) is 0 Å². The van der Waals surface area contributed by atoms with Crippen LogP contribution in [0.1, 0.15) is 35.4 Å². The van der Waals surface area contributed by atoms with E-state index in [0.29, 0.717) is 12.0 Å². The van der Waals surface area contributed by atoms with E-state index in [4.69, 9.17) is 0 Å². The van der Waals surface area contributed by atoms with Crippen LogP contribution in [0, 0.1) is 13.8 Å². The molecule has 0 spiro atoms. The molecule has 1 fully saturated rings. The first-order chi connectivity index (χ1) is 10.0. The van der Waals surface area contributed by atoms with Crippen molar-refractivity contribution in [3.05, 3.63) is 62.0 Å². The van der Waals surface area contributed by atoms with Crippen molar-refractivity contribution >= 4 is 37.5 Å². The second-order valence-electron chi connectivity index (χ2n) is 5.95. The lowest BCUT2D eigenvalue weighted by molar-refractivity contribution is 0.373. The molecule has 1 aliphatic rings. The minimum atomic E-state index is 0.584. The summed E-state index contributed by atoms with van der Waals surface area (Å²) in [5.74, 6) is 0.675. The zero-order valence-electron chi connectivity index (χ0n) is 12.3. The fraction of sp³-hybridized carbons (Fsp3) is 0.333. The van der Waals surface area contributed by atoms with Gasteiger partial charge in [0.15, 0.2) is 0 Å². The average Bonchev–Trinajstić information content (AvgIpc) is 2.37. The van der Waals surface area contributed by atoms with Crippen LogP contribution in [0.25, 0.3) is 0 Å². The predicted molar refractivity (Wildman–Crippen MR) is 97.1 cm³/mol. The highest BCUT2D eigenvalue weighted by Crippen LogP contribution is 2.42. The van der Waals surface area contributed by atoms with Gasteiger partial charge in [-0.1, -0.05) is 50.1 Å². The van der Waals surface area contributed by atoms with E-state index in [1.54, 1.807) is 0 Å².